The molecule has 0 N–H and O–H groups in total. The highest BCUT2D eigenvalue weighted by molar-refractivity contribution is 5.81. The Kier molecular flexibility index (Phi) is 5.37. The zero-order chi connectivity index (χ0) is 15.9. The van der Waals surface area contributed by atoms with Gasteiger partial charge in [0.05, 0.1) is 6.54 Å². The van der Waals surface area contributed by atoms with Crippen LogP contribution in [0.2, 0.25) is 0 Å². The second-order valence-electron chi connectivity index (χ2n) is 5.19. The van der Waals surface area contributed by atoms with Crippen LogP contribution in [0.15, 0.2) is 61.2 Å². The molecule has 0 unspecified atom stereocenters. The number of benzene rings is 2. The van der Waals surface area contributed by atoms with Crippen molar-refractivity contribution in [3.05, 3.63) is 72.3 Å². The standard InChI is InChI=1S/C19H21NO2/c1-4-19(21)22-14-13-20(17-9-5-15(2)6-10-17)18-11-7-16(3)8-12-18/h4-12H,1,13-14H2,2-3H3. The van der Waals surface area contributed by atoms with E-state index in [-0.39, 0.29) is 0 Å². The Morgan fingerprint density at radius 1 is 1.00 bits per heavy atom. The Hall–Kier alpha value is -2.55. The van der Waals surface area contributed by atoms with E-state index < -0.39 is 5.97 Å². The lowest BCUT2D eigenvalue weighted by molar-refractivity contribution is -0.137. The van der Waals surface area contributed by atoms with Crippen LogP contribution in [0, 0.1) is 13.8 Å². The monoisotopic (exact) mass is 295 g/mol. The maximum atomic E-state index is 11.2. The van der Waals surface area contributed by atoms with E-state index in [1.54, 1.807) is 0 Å². The largest absolute Gasteiger partial charge is 0.461 e. The van der Waals surface area contributed by atoms with Gasteiger partial charge in [0.15, 0.2) is 0 Å². The normalized spacial score (nSPS) is 10.1. The minimum Gasteiger partial charge on any atom is -0.461 e. The van der Waals surface area contributed by atoms with E-state index >= 15 is 0 Å². The summed E-state index contributed by atoms with van der Waals surface area (Å²) in [4.78, 5) is 13.3. The first-order valence-corrected chi connectivity index (χ1v) is 7.30. The average Bonchev–Trinajstić information content (AvgIpc) is 2.53. The van der Waals surface area contributed by atoms with Gasteiger partial charge >= 0.3 is 5.97 Å². The quantitative estimate of drug-likeness (QED) is 0.591. The lowest BCUT2D eigenvalue weighted by atomic mass is 10.1. The molecule has 0 aliphatic heterocycles. The number of carbonyl (C=O) groups excluding carboxylic acids is 1. The van der Waals surface area contributed by atoms with Gasteiger partial charge in [-0.2, -0.15) is 0 Å². The molecule has 0 aliphatic rings. The first kappa shape index (κ1) is 15.8. The molecule has 0 saturated heterocycles. The van der Waals surface area contributed by atoms with Crippen LogP contribution in [0.25, 0.3) is 0 Å². The molecule has 22 heavy (non-hydrogen) atoms. The van der Waals surface area contributed by atoms with Gasteiger partial charge in [-0.05, 0) is 38.1 Å². The average molecular weight is 295 g/mol. The summed E-state index contributed by atoms with van der Waals surface area (Å²) in [6.07, 6.45) is 1.18. The van der Waals surface area contributed by atoms with E-state index in [4.69, 9.17) is 4.74 Å². The molecule has 0 aromatic heterocycles. The summed E-state index contributed by atoms with van der Waals surface area (Å²) >= 11 is 0. The van der Waals surface area contributed by atoms with Crippen molar-refractivity contribution in [2.45, 2.75) is 13.8 Å². The first-order valence-electron chi connectivity index (χ1n) is 7.30. The fourth-order valence-corrected chi connectivity index (χ4v) is 2.15. The van der Waals surface area contributed by atoms with Crippen LogP contribution in [0.1, 0.15) is 11.1 Å². The third-order valence-corrected chi connectivity index (χ3v) is 3.42. The fourth-order valence-electron chi connectivity index (χ4n) is 2.15. The molecule has 2 rings (SSSR count). The maximum Gasteiger partial charge on any atom is 0.330 e. The van der Waals surface area contributed by atoms with E-state index in [1.165, 1.54) is 17.2 Å². The van der Waals surface area contributed by atoms with E-state index in [1.807, 2.05) is 0 Å². The van der Waals surface area contributed by atoms with Crippen LogP contribution in [-0.4, -0.2) is 19.1 Å². The Bertz CT molecular complexity index is 584. The van der Waals surface area contributed by atoms with Crippen molar-refractivity contribution >= 4 is 17.3 Å². The molecule has 2 aromatic rings. The van der Waals surface area contributed by atoms with Gasteiger partial charge in [0.1, 0.15) is 6.61 Å². The van der Waals surface area contributed by atoms with Gasteiger partial charge in [-0.15, -0.1) is 0 Å². The van der Waals surface area contributed by atoms with Crippen molar-refractivity contribution in [1.29, 1.82) is 0 Å². The van der Waals surface area contributed by atoms with Crippen molar-refractivity contribution in [3.8, 4) is 0 Å². The van der Waals surface area contributed by atoms with Crippen LogP contribution in [0.5, 0.6) is 0 Å². The molecule has 0 spiro atoms. The summed E-state index contributed by atoms with van der Waals surface area (Å²) in [6.45, 7) is 8.43. The number of rotatable bonds is 6. The van der Waals surface area contributed by atoms with Crippen molar-refractivity contribution in [2.24, 2.45) is 0 Å². The van der Waals surface area contributed by atoms with Gasteiger partial charge in [0.25, 0.3) is 0 Å². The number of aryl methyl sites for hydroxylation is 2. The molecule has 0 fully saturated rings. The van der Waals surface area contributed by atoms with Gasteiger partial charge < -0.3 is 9.64 Å². The zero-order valence-electron chi connectivity index (χ0n) is 13.1. The molecule has 114 valence electrons. The van der Waals surface area contributed by atoms with Gasteiger partial charge in [0, 0.05) is 17.5 Å². The number of carbonyl (C=O) groups is 1. The predicted molar refractivity (Wildman–Crippen MR) is 90.5 cm³/mol. The number of ether oxygens (including phenoxy) is 1. The molecular weight excluding hydrogens is 274 g/mol. The Labute approximate surface area is 131 Å². The van der Waals surface area contributed by atoms with Crippen LogP contribution in [0.3, 0.4) is 0 Å². The second-order valence-corrected chi connectivity index (χ2v) is 5.19. The van der Waals surface area contributed by atoms with E-state index in [9.17, 15) is 4.79 Å². The number of anilines is 2. The minimum atomic E-state index is -0.396. The summed E-state index contributed by atoms with van der Waals surface area (Å²) in [7, 11) is 0. The van der Waals surface area contributed by atoms with Gasteiger partial charge in [-0.3, -0.25) is 0 Å². The minimum absolute atomic E-state index is 0.312. The Balaban J connectivity index is 2.20. The van der Waals surface area contributed by atoms with Gasteiger partial charge in [-0.1, -0.05) is 42.0 Å². The summed E-state index contributed by atoms with van der Waals surface area (Å²) in [5, 5.41) is 0. The lowest BCUT2D eigenvalue weighted by Gasteiger charge is -2.25. The van der Waals surface area contributed by atoms with E-state index in [0.29, 0.717) is 13.2 Å². The van der Waals surface area contributed by atoms with Crippen molar-refractivity contribution < 1.29 is 9.53 Å². The highest BCUT2D eigenvalue weighted by Gasteiger charge is 2.10. The third kappa shape index (κ3) is 4.22. The van der Waals surface area contributed by atoms with Gasteiger partial charge in [0.2, 0.25) is 0 Å². The molecule has 2 aromatic carbocycles. The van der Waals surface area contributed by atoms with Crippen LogP contribution in [-0.2, 0) is 9.53 Å². The van der Waals surface area contributed by atoms with Crippen molar-refractivity contribution in [1.82, 2.24) is 0 Å². The molecule has 3 heteroatoms. The van der Waals surface area contributed by atoms with Crippen LogP contribution in [0.4, 0.5) is 11.4 Å². The van der Waals surface area contributed by atoms with Crippen molar-refractivity contribution in [2.75, 3.05) is 18.1 Å². The smallest absolute Gasteiger partial charge is 0.330 e. The first-order chi connectivity index (χ1) is 10.6. The highest BCUT2D eigenvalue weighted by atomic mass is 16.5. The summed E-state index contributed by atoms with van der Waals surface area (Å²) in [5.74, 6) is -0.396. The molecule has 3 nitrogen and oxygen atoms in total. The van der Waals surface area contributed by atoms with E-state index in [2.05, 4.69) is 73.9 Å². The zero-order valence-corrected chi connectivity index (χ0v) is 13.1. The van der Waals surface area contributed by atoms with Crippen LogP contribution >= 0.6 is 0 Å². The van der Waals surface area contributed by atoms with Gasteiger partial charge in [-0.25, -0.2) is 4.79 Å². The highest BCUT2D eigenvalue weighted by Crippen LogP contribution is 2.25. The fraction of sp³-hybridized carbons (Fsp3) is 0.211. The topological polar surface area (TPSA) is 29.5 Å². The molecule has 0 radical (unpaired) electrons. The molecular formula is C19H21NO2. The SMILES string of the molecule is C=CC(=O)OCCN(c1ccc(C)cc1)c1ccc(C)cc1. The number of nitrogens with zero attached hydrogens (tertiary/aromatic N) is 1. The Morgan fingerprint density at radius 2 is 1.45 bits per heavy atom. The van der Waals surface area contributed by atoms with E-state index in [0.717, 1.165) is 11.4 Å². The summed E-state index contributed by atoms with van der Waals surface area (Å²) in [6, 6.07) is 16.6. The lowest BCUT2D eigenvalue weighted by Crippen LogP contribution is -2.23. The molecule has 0 bridgehead atoms. The summed E-state index contributed by atoms with van der Waals surface area (Å²) in [5.41, 5.74) is 4.57. The van der Waals surface area contributed by atoms with Crippen molar-refractivity contribution in [3.63, 3.8) is 0 Å². The van der Waals surface area contributed by atoms with Crippen LogP contribution < -0.4 is 4.90 Å². The molecule has 0 aliphatic carbocycles. The summed E-state index contributed by atoms with van der Waals surface area (Å²) < 4.78 is 5.11. The second kappa shape index (κ2) is 7.46. The predicted octanol–water partition coefficient (Wildman–Crippen LogP) is 4.17. The molecule has 0 heterocycles. The third-order valence-electron chi connectivity index (χ3n) is 3.42. The molecule has 0 amide bonds. The number of esters is 1. The number of hydrogen-bond donors (Lipinski definition) is 0. The molecule has 0 saturated carbocycles. The Morgan fingerprint density at radius 3 is 1.86 bits per heavy atom. The molecule has 0 atom stereocenters. The maximum absolute atomic E-state index is 11.2. The number of hydrogen-bond acceptors (Lipinski definition) is 3.